The maximum absolute atomic E-state index is 12.2. The van der Waals surface area contributed by atoms with Crippen LogP contribution in [0.5, 0.6) is 0 Å². The normalized spacial score (nSPS) is 12.3. The molecular weight excluding hydrogens is 288 g/mol. The van der Waals surface area contributed by atoms with Gasteiger partial charge in [0.2, 0.25) is 5.89 Å². The van der Waals surface area contributed by atoms with Gasteiger partial charge in [-0.25, -0.2) is 4.98 Å². The number of thiophene rings is 1. The molecule has 7 heteroatoms. The number of hydrogen-bond donors (Lipinski definition) is 2. The monoisotopic (exact) mass is 302 g/mol. The van der Waals surface area contributed by atoms with E-state index < -0.39 is 0 Å². The number of nitrogens with zero attached hydrogens (tertiary/aromatic N) is 2. The molecule has 1 atom stereocenters. The summed E-state index contributed by atoms with van der Waals surface area (Å²) in [6.45, 7) is 3.63. The van der Waals surface area contributed by atoms with Gasteiger partial charge in [0.1, 0.15) is 11.8 Å². The summed E-state index contributed by atoms with van der Waals surface area (Å²) in [6, 6.07) is 5.34. The van der Waals surface area contributed by atoms with Crippen molar-refractivity contribution in [3.05, 3.63) is 47.1 Å². The van der Waals surface area contributed by atoms with Gasteiger partial charge in [-0.3, -0.25) is 9.89 Å². The van der Waals surface area contributed by atoms with E-state index in [1.807, 2.05) is 31.4 Å². The van der Waals surface area contributed by atoms with Crippen LogP contribution in [-0.4, -0.2) is 21.1 Å². The molecule has 6 nitrogen and oxygen atoms in total. The van der Waals surface area contributed by atoms with Gasteiger partial charge in [0, 0.05) is 0 Å². The summed E-state index contributed by atoms with van der Waals surface area (Å²) < 4.78 is 5.39. The van der Waals surface area contributed by atoms with Crippen molar-refractivity contribution in [1.82, 2.24) is 20.5 Å². The molecule has 3 aromatic rings. The van der Waals surface area contributed by atoms with E-state index in [4.69, 9.17) is 4.42 Å². The summed E-state index contributed by atoms with van der Waals surface area (Å²) >= 11 is 1.59. The van der Waals surface area contributed by atoms with Crippen molar-refractivity contribution in [2.75, 3.05) is 0 Å². The fraction of sp³-hybridized carbons (Fsp3) is 0.214. The van der Waals surface area contributed by atoms with Crippen molar-refractivity contribution in [2.24, 2.45) is 0 Å². The molecule has 0 aliphatic rings. The van der Waals surface area contributed by atoms with Gasteiger partial charge in [0.25, 0.3) is 5.91 Å². The number of aryl methyl sites for hydroxylation is 1. The summed E-state index contributed by atoms with van der Waals surface area (Å²) in [4.78, 5) is 17.3. The molecular formula is C14H14N4O2S. The van der Waals surface area contributed by atoms with E-state index in [2.05, 4.69) is 20.5 Å². The molecule has 0 aliphatic carbocycles. The molecule has 1 amide bonds. The van der Waals surface area contributed by atoms with E-state index in [0.717, 1.165) is 10.6 Å². The Bertz CT molecular complexity index is 745. The number of oxazole rings is 1. The largest absolute Gasteiger partial charge is 0.444 e. The number of nitrogens with one attached hydrogen (secondary N) is 2. The van der Waals surface area contributed by atoms with Gasteiger partial charge in [-0.05, 0) is 31.4 Å². The zero-order valence-corrected chi connectivity index (χ0v) is 12.4. The van der Waals surface area contributed by atoms with Crippen LogP contribution >= 0.6 is 11.3 Å². The van der Waals surface area contributed by atoms with Crippen LogP contribution in [0, 0.1) is 6.92 Å². The maximum atomic E-state index is 12.2. The number of carbonyl (C=O) groups excluding carboxylic acids is 1. The molecule has 108 valence electrons. The first kappa shape index (κ1) is 13.6. The third kappa shape index (κ3) is 2.87. The Hall–Kier alpha value is -2.41. The Morgan fingerprint density at radius 1 is 1.52 bits per heavy atom. The minimum absolute atomic E-state index is 0.266. The Morgan fingerprint density at radius 3 is 3.05 bits per heavy atom. The van der Waals surface area contributed by atoms with Crippen LogP contribution in [0.2, 0.25) is 0 Å². The average Bonchev–Trinajstić information content (AvgIpc) is 3.19. The lowest BCUT2D eigenvalue weighted by Gasteiger charge is -2.08. The lowest BCUT2D eigenvalue weighted by Crippen LogP contribution is -2.27. The summed E-state index contributed by atoms with van der Waals surface area (Å²) in [5, 5.41) is 11.7. The second-order valence-electron chi connectivity index (χ2n) is 4.65. The van der Waals surface area contributed by atoms with E-state index >= 15 is 0 Å². The smallest absolute Gasteiger partial charge is 0.272 e. The zero-order valence-electron chi connectivity index (χ0n) is 11.6. The van der Waals surface area contributed by atoms with Crippen LogP contribution in [-0.2, 0) is 0 Å². The maximum Gasteiger partial charge on any atom is 0.272 e. The first-order chi connectivity index (χ1) is 10.1. The third-order valence-electron chi connectivity index (χ3n) is 2.95. The van der Waals surface area contributed by atoms with Crippen molar-refractivity contribution < 1.29 is 9.21 Å². The fourth-order valence-corrected chi connectivity index (χ4v) is 2.59. The van der Waals surface area contributed by atoms with Crippen LogP contribution in [0.4, 0.5) is 0 Å². The molecule has 2 N–H and O–H groups in total. The highest BCUT2D eigenvalue weighted by atomic mass is 32.1. The molecule has 0 aromatic carbocycles. The highest BCUT2D eigenvalue weighted by molar-refractivity contribution is 7.13. The lowest BCUT2D eigenvalue weighted by atomic mass is 10.2. The predicted octanol–water partition coefficient (Wildman–Crippen LogP) is 2.93. The van der Waals surface area contributed by atoms with Gasteiger partial charge in [-0.2, -0.15) is 5.10 Å². The molecule has 3 heterocycles. The minimum atomic E-state index is -0.312. The Labute approximate surface area is 125 Å². The number of aromatic nitrogens is 3. The van der Waals surface area contributed by atoms with Crippen LogP contribution in [0.3, 0.4) is 0 Å². The Morgan fingerprint density at radius 2 is 2.38 bits per heavy atom. The van der Waals surface area contributed by atoms with Crippen LogP contribution in [0.25, 0.3) is 10.6 Å². The van der Waals surface area contributed by atoms with Crippen LogP contribution in [0.15, 0.2) is 34.2 Å². The van der Waals surface area contributed by atoms with E-state index in [0.29, 0.717) is 17.3 Å². The van der Waals surface area contributed by atoms with Gasteiger partial charge >= 0.3 is 0 Å². The molecule has 0 saturated heterocycles. The van der Waals surface area contributed by atoms with Gasteiger partial charge in [0.05, 0.1) is 16.8 Å². The summed E-state index contributed by atoms with van der Waals surface area (Å²) in [5.74, 6) is 0.929. The van der Waals surface area contributed by atoms with Crippen molar-refractivity contribution in [3.8, 4) is 10.6 Å². The first-order valence-electron chi connectivity index (χ1n) is 6.46. The van der Waals surface area contributed by atoms with E-state index in [9.17, 15) is 4.79 Å². The van der Waals surface area contributed by atoms with Crippen molar-refractivity contribution >= 4 is 17.2 Å². The molecule has 0 fully saturated rings. The second kappa shape index (κ2) is 5.53. The zero-order chi connectivity index (χ0) is 14.8. The summed E-state index contributed by atoms with van der Waals surface area (Å²) in [5.41, 5.74) is 1.17. The summed E-state index contributed by atoms with van der Waals surface area (Å²) in [7, 11) is 0. The molecule has 0 radical (unpaired) electrons. The van der Waals surface area contributed by atoms with E-state index in [1.54, 1.807) is 23.6 Å². The van der Waals surface area contributed by atoms with Crippen molar-refractivity contribution in [1.29, 1.82) is 0 Å². The first-order valence-corrected chi connectivity index (χ1v) is 7.34. The fourth-order valence-electron chi connectivity index (χ4n) is 1.90. The number of carbonyl (C=O) groups is 1. The summed E-state index contributed by atoms with van der Waals surface area (Å²) in [6.07, 6.45) is 1.63. The second-order valence-corrected chi connectivity index (χ2v) is 5.60. The number of H-pyrrole nitrogens is 1. The lowest BCUT2D eigenvalue weighted by molar-refractivity contribution is 0.0929. The number of hydrogen-bond acceptors (Lipinski definition) is 5. The van der Waals surface area contributed by atoms with E-state index in [1.165, 1.54) is 0 Å². The minimum Gasteiger partial charge on any atom is -0.444 e. The number of aromatic amines is 1. The highest BCUT2D eigenvalue weighted by Gasteiger charge is 2.18. The standard InChI is InChI=1S/C14H14N4O2S/c1-8-7-15-14(20-8)9(2)16-13(19)11-6-10(17-18-11)12-4-3-5-21-12/h3-7,9H,1-2H3,(H,16,19)(H,17,18)/t9-/m0/s1. The average molecular weight is 302 g/mol. The molecule has 0 aliphatic heterocycles. The van der Waals surface area contributed by atoms with Gasteiger partial charge in [-0.1, -0.05) is 6.07 Å². The predicted molar refractivity (Wildman–Crippen MR) is 79.0 cm³/mol. The number of rotatable bonds is 4. The molecule has 21 heavy (non-hydrogen) atoms. The quantitative estimate of drug-likeness (QED) is 0.776. The van der Waals surface area contributed by atoms with Gasteiger partial charge in [-0.15, -0.1) is 11.3 Å². The van der Waals surface area contributed by atoms with Crippen molar-refractivity contribution in [2.45, 2.75) is 19.9 Å². The van der Waals surface area contributed by atoms with Crippen molar-refractivity contribution in [3.63, 3.8) is 0 Å². The molecule has 0 bridgehead atoms. The van der Waals surface area contributed by atoms with E-state index in [-0.39, 0.29) is 11.9 Å². The molecule has 0 unspecified atom stereocenters. The molecule has 3 rings (SSSR count). The van der Waals surface area contributed by atoms with Gasteiger partial charge in [0.15, 0.2) is 5.69 Å². The molecule has 3 aromatic heterocycles. The topological polar surface area (TPSA) is 83.8 Å². The van der Waals surface area contributed by atoms with Crippen LogP contribution < -0.4 is 5.32 Å². The Kier molecular flexibility index (Phi) is 3.57. The van der Waals surface area contributed by atoms with Crippen LogP contribution in [0.1, 0.15) is 35.1 Å². The third-order valence-corrected chi connectivity index (χ3v) is 3.86. The molecule has 0 saturated carbocycles. The SMILES string of the molecule is Cc1cnc([C@H](C)NC(=O)c2cc(-c3cccs3)[nH]n2)o1. The Balaban J connectivity index is 1.71. The number of amides is 1. The molecule has 0 spiro atoms. The highest BCUT2D eigenvalue weighted by Crippen LogP contribution is 2.23. The van der Waals surface area contributed by atoms with Gasteiger partial charge < -0.3 is 9.73 Å².